The number of aliphatic hydroxyl groups is 1. The third kappa shape index (κ3) is 6.62. The number of nitrogens with zero attached hydrogens (tertiary/aromatic N) is 3. The van der Waals surface area contributed by atoms with Gasteiger partial charge in [-0.3, -0.25) is 4.90 Å². The fraction of sp³-hybridized carbons (Fsp3) is 0.727. The Hall–Kier alpha value is -1.34. The van der Waals surface area contributed by atoms with Crippen LogP contribution in [-0.4, -0.2) is 92.5 Å². The van der Waals surface area contributed by atoms with Gasteiger partial charge in [0.15, 0.2) is 11.5 Å². The van der Waals surface area contributed by atoms with Gasteiger partial charge in [-0.15, -0.1) is 0 Å². The summed E-state index contributed by atoms with van der Waals surface area (Å²) in [5, 5.41) is 10.4. The van der Waals surface area contributed by atoms with E-state index in [2.05, 4.69) is 33.9 Å². The molecule has 0 aromatic heterocycles. The average molecular weight is 392 g/mol. The van der Waals surface area contributed by atoms with Gasteiger partial charge >= 0.3 is 0 Å². The first-order chi connectivity index (χ1) is 13.6. The molecule has 1 N–H and O–H groups in total. The van der Waals surface area contributed by atoms with E-state index < -0.39 is 6.10 Å². The summed E-state index contributed by atoms with van der Waals surface area (Å²) in [6.07, 6.45) is 4.60. The van der Waals surface area contributed by atoms with Crippen molar-refractivity contribution in [3.05, 3.63) is 23.8 Å². The van der Waals surface area contributed by atoms with Gasteiger partial charge in [-0.2, -0.15) is 0 Å². The first-order valence-electron chi connectivity index (χ1n) is 10.7. The van der Waals surface area contributed by atoms with E-state index in [9.17, 15) is 5.11 Å². The van der Waals surface area contributed by atoms with Crippen LogP contribution in [0, 0.1) is 0 Å². The van der Waals surface area contributed by atoms with Gasteiger partial charge in [0.25, 0.3) is 0 Å². The molecule has 1 atom stereocenters. The number of hydrogen-bond acceptors (Lipinski definition) is 6. The lowest BCUT2D eigenvalue weighted by Gasteiger charge is -2.32. The second-order valence-electron chi connectivity index (χ2n) is 8.24. The lowest BCUT2D eigenvalue weighted by molar-refractivity contribution is 0.0683. The van der Waals surface area contributed by atoms with E-state index in [1.54, 1.807) is 7.11 Å². The molecule has 158 valence electrons. The monoisotopic (exact) mass is 391 g/mol. The zero-order chi connectivity index (χ0) is 19.8. The summed E-state index contributed by atoms with van der Waals surface area (Å²) in [5.41, 5.74) is 1.24. The van der Waals surface area contributed by atoms with E-state index in [1.807, 2.05) is 6.07 Å². The number of piperazine rings is 1. The van der Waals surface area contributed by atoms with Gasteiger partial charge in [-0.05, 0) is 50.7 Å². The zero-order valence-electron chi connectivity index (χ0n) is 17.6. The van der Waals surface area contributed by atoms with Crippen LogP contribution in [0.2, 0.25) is 0 Å². The Balaban J connectivity index is 1.49. The van der Waals surface area contributed by atoms with Crippen molar-refractivity contribution in [2.45, 2.75) is 38.3 Å². The van der Waals surface area contributed by atoms with Crippen molar-refractivity contribution >= 4 is 0 Å². The topological polar surface area (TPSA) is 48.4 Å². The summed E-state index contributed by atoms with van der Waals surface area (Å²) in [5.74, 6) is 1.45. The van der Waals surface area contributed by atoms with Gasteiger partial charge in [0.05, 0.1) is 7.11 Å². The molecule has 2 aliphatic rings. The predicted octanol–water partition coefficient (Wildman–Crippen LogP) is 2.06. The SMILES string of the molecule is COc1cc(CN2CCN(C)CC2)ccc1OCC(O)CN1CCCCCC1. The second kappa shape index (κ2) is 11.0. The minimum atomic E-state index is -0.479. The first kappa shape index (κ1) is 21.4. The Bertz CT molecular complexity index is 582. The molecule has 6 nitrogen and oxygen atoms in total. The van der Waals surface area contributed by atoms with E-state index >= 15 is 0 Å². The lowest BCUT2D eigenvalue weighted by atomic mass is 10.1. The Morgan fingerprint density at radius 1 is 0.929 bits per heavy atom. The molecular weight excluding hydrogens is 354 g/mol. The number of rotatable bonds is 8. The molecule has 1 unspecified atom stereocenters. The largest absolute Gasteiger partial charge is 0.493 e. The number of aliphatic hydroxyl groups excluding tert-OH is 1. The summed E-state index contributed by atoms with van der Waals surface area (Å²) in [6, 6.07) is 6.15. The minimum absolute atomic E-state index is 0.296. The van der Waals surface area contributed by atoms with Crippen LogP contribution in [0.3, 0.4) is 0 Å². The summed E-state index contributed by atoms with van der Waals surface area (Å²) >= 11 is 0. The summed E-state index contributed by atoms with van der Waals surface area (Å²) in [7, 11) is 3.85. The maximum absolute atomic E-state index is 10.4. The van der Waals surface area contributed by atoms with E-state index in [0.29, 0.717) is 18.9 Å². The van der Waals surface area contributed by atoms with Gasteiger partial charge < -0.3 is 24.4 Å². The first-order valence-corrected chi connectivity index (χ1v) is 10.7. The Kier molecular flexibility index (Phi) is 8.40. The maximum atomic E-state index is 10.4. The van der Waals surface area contributed by atoms with Crippen molar-refractivity contribution < 1.29 is 14.6 Å². The summed E-state index contributed by atoms with van der Waals surface area (Å²) in [4.78, 5) is 7.20. The molecule has 1 aromatic carbocycles. The highest BCUT2D eigenvalue weighted by Crippen LogP contribution is 2.29. The maximum Gasteiger partial charge on any atom is 0.161 e. The van der Waals surface area contributed by atoms with Gasteiger partial charge in [0, 0.05) is 39.3 Å². The molecule has 0 bridgehead atoms. The zero-order valence-corrected chi connectivity index (χ0v) is 17.6. The van der Waals surface area contributed by atoms with E-state index in [-0.39, 0.29) is 0 Å². The average Bonchev–Trinajstić information content (AvgIpc) is 2.97. The van der Waals surface area contributed by atoms with Crippen LogP contribution in [0.15, 0.2) is 18.2 Å². The summed E-state index contributed by atoms with van der Waals surface area (Å²) < 4.78 is 11.4. The molecule has 0 aliphatic carbocycles. The van der Waals surface area contributed by atoms with Crippen molar-refractivity contribution in [1.82, 2.24) is 14.7 Å². The Labute approximate surface area is 170 Å². The fourth-order valence-corrected chi connectivity index (χ4v) is 4.05. The number of benzene rings is 1. The second-order valence-corrected chi connectivity index (χ2v) is 8.24. The van der Waals surface area contributed by atoms with Crippen molar-refractivity contribution in [3.8, 4) is 11.5 Å². The third-order valence-corrected chi connectivity index (χ3v) is 5.83. The molecule has 2 aliphatic heterocycles. The highest BCUT2D eigenvalue weighted by atomic mass is 16.5. The van der Waals surface area contributed by atoms with Gasteiger partial charge in [-0.1, -0.05) is 18.9 Å². The molecule has 0 radical (unpaired) electrons. The van der Waals surface area contributed by atoms with Crippen LogP contribution in [0.25, 0.3) is 0 Å². The molecule has 0 saturated carbocycles. The van der Waals surface area contributed by atoms with E-state index in [0.717, 1.165) is 51.6 Å². The number of β-amino-alcohol motifs (C(OH)–C–C–N with tert-alkyl or cyclic N) is 1. The van der Waals surface area contributed by atoms with Crippen molar-refractivity contribution in [3.63, 3.8) is 0 Å². The number of likely N-dealkylation sites (tertiary alicyclic amines) is 1. The van der Waals surface area contributed by atoms with E-state index in [1.165, 1.54) is 31.2 Å². The number of hydrogen-bond donors (Lipinski definition) is 1. The minimum Gasteiger partial charge on any atom is -0.493 e. The quantitative estimate of drug-likeness (QED) is 0.732. The van der Waals surface area contributed by atoms with Crippen molar-refractivity contribution in [1.29, 1.82) is 0 Å². The smallest absolute Gasteiger partial charge is 0.161 e. The van der Waals surface area contributed by atoms with Crippen LogP contribution < -0.4 is 9.47 Å². The van der Waals surface area contributed by atoms with Crippen LogP contribution in [-0.2, 0) is 6.54 Å². The normalized spacial score (nSPS) is 21.2. The Morgan fingerprint density at radius 2 is 1.64 bits per heavy atom. The van der Waals surface area contributed by atoms with Gasteiger partial charge in [-0.25, -0.2) is 0 Å². The van der Waals surface area contributed by atoms with Crippen LogP contribution in [0.5, 0.6) is 11.5 Å². The lowest BCUT2D eigenvalue weighted by Crippen LogP contribution is -2.43. The molecule has 28 heavy (non-hydrogen) atoms. The van der Waals surface area contributed by atoms with Crippen molar-refractivity contribution in [2.75, 3.05) is 66.6 Å². The molecule has 0 spiro atoms. The third-order valence-electron chi connectivity index (χ3n) is 5.83. The number of methoxy groups -OCH3 is 1. The highest BCUT2D eigenvalue weighted by molar-refractivity contribution is 5.43. The molecule has 0 amide bonds. The predicted molar refractivity (Wildman–Crippen MR) is 112 cm³/mol. The Morgan fingerprint density at radius 3 is 2.32 bits per heavy atom. The number of ether oxygens (including phenoxy) is 2. The van der Waals surface area contributed by atoms with Crippen LogP contribution in [0.1, 0.15) is 31.2 Å². The van der Waals surface area contributed by atoms with Crippen molar-refractivity contribution in [2.24, 2.45) is 0 Å². The molecule has 3 rings (SSSR count). The molecular formula is C22H37N3O3. The fourth-order valence-electron chi connectivity index (χ4n) is 4.05. The van der Waals surface area contributed by atoms with E-state index in [4.69, 9.17) is 9.47 Å². The van der Waals surface area contributed by atoms with Gasteiger partial charge in [0.2, 0.25) is 0 Å². The number of likely N-dealkylation sites (N-methyl/N-ethyl adjacent to an activating group) is 1. The molecule has 2 saturated heterocycles. The molecule has 2 fully saturated rings. The molecule has 1 aromatic rings. The molecule has 2 heterocycles. The van der Waals surface area contributed by atoms with Gasteiger partial charge in [0.1, 0.15) is 12.7 Å². The highest BCUT2D eigenvalue weighted by Gasteiger charge is 2.17. The molecule has 6 heteroatoms. The summed E-state index contributed by atoms with van der Waals surface area (Å²) in [6.45, 7) is 8.51. The van der Waals surface area contributed by atoms with Crippen LogP contribution >= 0.6 is 0 Å². The standard InChI is InChI=1S/C22H37N3O3/c1-23-11-13-25(14-12-23)16-19-7-8-21(22(15-19)27-2)28-18-20(26)17-24-9-5-3-4-6-10-24/h7-8,15,20,26H,3-6,9-14,16-18H2,1-2H3. The van der Waals surface area contributed by atoms with Crippen LogP contribution in [0.4, 0.5) is 0 Å².